The van der Waals surface area contributed by atoms with Crippen molar-refractivity contribution >= 4 is 31.9 Å². The largest absolute Gasteiger partial charge is 0.0654 e. The lowest BCUT2D eigenvalue weighted by Crippen LogP contribution is -1.87. The van der Waals surface area contributed by atoms with E-state index in [4.69, 9.17) is 0 Å². The Morgan fingerprint density at radius 1 is 0.882 bits per heavy atom. The molecule has 0 saturated carbocycles. The van der Waals surface area contributed by atoms with Gasteiger partial charge in [-0.2, -0.15) is 0 Å². The zero-order chi connectivity index (χ0) is 12.5. The van der Waals surface area contributed by atoms with Gasteiger partial charge in [-0.25, -0.2) is 0 Å². The van der Waals surface area contributed by atoms with Crippen LogP contribution < -0.4 is 0 Å². The number of hydrogen-bond acceptors (Lipinski definition) is 0. The molecule has 0 aliphatic heterocycles. The van der Waals surface area contributed by atoms with Gasteiger partial charge in [-0.1, -0.05) is 77.3 Å². The van der Waals surface area contributed by atoms with Crippen molar-refractivity contribution in [3.63, 3.8) is 0 Å². The molecule has 1 rings (SSSR count). The van der Waals surface area contributed by atoms with E-state index in [9.17, 15) is 0 Å². The molecular weight excluding hydrogens is 340 g/mol. The second kappa shape index (κ2) is 9.16. The molecule has 95 valence electrons. The van der Waals surface area contributed by atoms with E-state index in [-0.39, 0.29) is 0 Å². The Balaban J connectivity index is 2.13. The summed E-state index contributed by atoms with van der Waals surface area (Å²) in [6.07, 6.45) is 10.8. The van der Waals surface area contributed by atoms with Gasteiger partial charge in [-0.3, -0.25) is 0 Å². The molecule has 1 radical (unpaired) electrons. The number of aryl methyl sites for hydroxylation is 1. The van der Waals surface area contributed by atoms with Crippen molar-refractivity contribution < 1.29 is 0 Å². The summed E-state index contributed by atoms with van der Waals surface area (Å²) >= 11 is 6.96. The maximum atomic E-state index is 3.48. The average molecular weight is 361 g/mol. The zero-order valence-electron chi connectivity index (χ0n) is 10.6. The van der Waals surface area contributed by atoms with Crippen LogP contribution in [0.2, 0.25) is 0 Å². The van der Waals surface area contributed by atoms with E-state index in [1.165, 1.54) is 56.9 Å². The van der Waals surface area contributed by atoms with Gasteiger partial charge in [0.05, 0.1) is 0 Å². The number of halogens is 2. The topological polar surface area (TPSA) is 0 Å². The standard InChI is InChI=1S/C15H21Br2/c1-2-3-4-5-6-7-8-9-13-10-14(16)12-15(17)11-13/h10-11H,2-9H2,1H3. The second-order valence-corrected chi connectivity index (χ2v) is 6.26. The van der Waals surface area contributed by atoms with Crippen LogP contribution >= 0.6 is 31.9 Å². The van der Waals surface area contributed by atoms with Gasteiger partial charge in [0, 0.05) is 15.0 Å². The molecule has 0 amide bonds. The summed E-state index contributed by atoms with van der Waals surface area (Å²) in [5.74, 6) is 0. The monoisotopic (exact) mass is 359 g/mol. The molecule has 0 fully saturated rings. The molecule has 0 unspecified atom stereocenters. The van der Waals surface area contributed by atoms with Gasteiger partial charge in [-0.05, 0) is 30.5 Å². The molecule has 0 heterocycles. The molecular formula is C15H21Br2. The third-order valence-electron chi connectivity index (χ3n) is 2.93. The smallest absolute Gasteiger partial charge is 0.0268 e. The van der Waals surface area contributed by atoms with Gasteiger partial charge >= 0.3 is 0 Å². The molecule has 0 atom stereocenters. The molecule has 17 heavy (non-hydrogen) atoms. The zero-order valence-corrected chi connectivity index (χ0v) is 13.7. The predicted molar refractivity (Wildman–Crippen MR) is 82.4 cm³/mol. The van der Waals surface area contributed by atoms with E-state index >= 15 is 0 Å². The van der Waals surface area contributed by atoms with Gasteiger partial charge in [-0.15, -0.1) is 0 Å². The Labute approximate surface area is 122 Å². The molecule has 0 nitrogen and oxygen atoms in total. The maximum absolute atomic E-state index is 3.48. The predicted octanol–water partition coefficient (Wildman–Crippen LogP) is 6.30. The van der Waals surface area contributed by atoms with Gasteiger partial charge in [0.15, 0.2) is 0 Å². The average Bonchev–Trinajstić information content (AvgIpc) is 2.26. The Morgan fingerprint density at radius 2 is 1.41 bits per heavy atom. The third kappa shape index (κ3) is 7.25. The van der Waals surface area contributed by atoms with E-state index in [0.29, 0.717) is 0 Å². The minimum absolute atomic E-state index is 1.05. The van der Waals surface area contributed by atoms with Crippen molar-refractivity contribution in [1.82, 2.24) is 0 Å². The summed E-state index contributed by atoms with van der Waals surface area (Å²) < 4.78 is 2.09. The SMILES string of the molecule is CCCCCCCCCc1cc(Br)[c]c(Br)c1. The molecule has 0 spiro atoms. The summed E-state index contributed by atoms with van der Waals surface area (Å²) in [6.45, 7) is 2.27. The van der Waals surface area contributed by atoms with Crippen LogP contribution in [0.5, 0.6) is 0 Å². The van der Waals surface area contributed by atoms with E-state index in [2.05, 4.69) is 57.0 Å². The number of unbranched alkanes of at least 4 members (excludes halogenated alkanes) is 6. The van der Waals surface area contributed by atoms with Crippen molar-refractivity contribution in [1.29, 1.82) is 0 Å². The molecule has 0 saturated heterocycles. The highest BCUT2D eigenvalue weighted by Crippen LogP contribution is 2.20. The highest BCUT2D eigenvalue weighted by molar-refractivity contribution is 9.11. The first-order valence-electron chi connectivity index (χ1n) is 6.59. The van der Waals surface area contributed by atoms with E-state index in [1.807, 2.05) is 0 Å². The number of benzene rings is 1. The minimum Gasteiger partial charge on any atom is -0.0654 e. The van der Waals surface area contributed by atoms with Gasteiger partial charge in [0.25, 0.3) is 0 Å². The van der Waals surface area contributed by atoms with Crippen LogP contribution in [0.4, 0.5) is 0 Å². The van der Waals surface area contributed by atoms with Gasteiger partial charge < -0.3 is 0 Å². The fraction of sp³-hybridized carbons (Fsp3) is 0.600. The van der Waals surface area contributed by atoms with Crippen molar-refractivity contribution in [2.24, 2.45) is 0 Å². The normalized spacial score (nSPS) is 10.8. The van der Waals surface area contributed by atoms with E-state index in [1.54, 1.807) is 0 Å². The van der Waals surface area contributed by atoms with Gasteiger partial charge in [0.1, 0.15) is 0 Å². The number of rotatable bonds is 8. The Hall–Kier alpha value is 0.180. The first-order valence-corrected chi connectivity index (χ1v) is 8.18. The van der Waals surface area contributed by atoms with Gasteiger partial charge in [0.2, 0.25) is 0 Å². The highest BCUT2D eigenvalue weighted by Gasteiger charge is 1.98. The Kier molecular flexibility index (Phi) is 8.21. The lowest BCUT2D eigenvalue weighted by molar-refractivity contribution is 0.589. The van der Waals surface area contributed by atoms with Crippen LogP contribution in [-0.4, -0.2) is 0 Å². The fourth-order valence-electron chi connectivity index (χ4n) is 1.98. The molecule has 2 heteroatoms. The number of hydrogen-bond donors (Lipinski definition) is 0. The summed E-state index contributed by atoms with van der Waals surface area (Å²) in [5, 5.41) is 0. The second-order valence-electron chi connectivity index (χ2n) is 4.56. The van der Waals surface area contributed by atoms with Crippen molar-refractivity contribution in [2.45, 2.75) is 58.3 Å². The fourth-order valence-corrected chi connectivity index (χ4v) is 3.27. The molecule has 0 aliphatic rings. The van der Waals surface area contributed by atoms with Crippen molar-refractivity contribution in [3.8, 4) is 0 Å². The molecule has 0 aromatic heterocycles. The summed E-state index contributed by atoms with van der Waals surface area (Å²) in [4.78, 5) is 0. The highest BCUT2D eigenvalue weighted by atomic mass is 79.9. The molecule has 1 aromatic carbocycles. The van der Waals surface area contributed by atoms with E-state index < -0.39 is 0 Å². The Morgan fingerprint density at radius 3 is 2.00 bits per heavy atom. The minimum atomic E-state index is 1.05. The quantitative estimate of drug-likeness (QED) is 0.477. The maximum Gasteiger partial charge on any atom is 0.0268 e. The summed E-state index contributed by atoms with van der Waals surface area (Å²) in [7, 11) is 0. The first-order chi connectivity index (χ1) is 8.22. The van der Waals surface area contributed by atoms with Crippen LogP contribution in [0, 0.1) is 6.07 Å². The molecule has 0 aliphatic carbocycles. The van der Waals surface area contributed by atoms with Crippen molar-refractivity contribution in [3.05, 3.63) is 32.7 Å². The molecule has 0 bridgehead atoms. The first kappa shape index (κ1) is 15.2. The van der Waals surface area contributed by atoms with Crippen LogP contribution in [0.25, 0.3) is 0 Å². The summed E-state index contributed by atoms with van der Waals surface area (Å²) in [5.41, 5.74) is 1.40. The lowest BCUT2D eigenvalue weighted by atomic mass is 10.0. The third-order valence-corrected chi connectivity index (χ3v) is 3.79. The lowest BCUT2D eigenvalue weighted by Gasteiger charge is -2.03. The van der Waals surface area contributed by atoms with Crippen LogP contribution in [0.1, 0.15) is 57.4 Å². The van der Waals surface area contributed by atoms with E-state index in [0.717, 1.165) is 8.95 Å². The molecule has 0 N–H and O–H groups in total. The Bertz CT molecular complexity index is 300. The molecule has 1 aromatic rings. The summed E-state index contributed by atoms with van der Waals surface area (Å²) in [6, 6.07) is 7.51. The van der Waals surface area contributed by atoms with Crippen LogP contribution in [-0.2, 0) is 6.42 Å². The van der Waals surface area contributed by atoms with Crippen LogP contribution in [0.15, 0.2) is 21.1 Å². The van der Waals surface area contributed by atoms with Crippen molar-refractivity contribution in [2.75, 3.05) is 0 Å². The van der Waals surface area contributed by atoms with Crippen LogP contribution in [0.3, 0.4) is 0 Å².